The zero-order valence-electron chi connectivity index (χ0n) is 9.41. The molecule has 98 valence electrons. The molecule has 0 aliphatic rings. The number of rotatable bonds is 2. The van der Waals surface area contributed by atoms with Crippen molar-refractivity contribution in [2.24, 2.45) is 0 Å². The third-order valence-corrected chi connectivity index (χ3v) is 2.63. The quantitative estimate of drug-likeness (QED) is 0.781. The van der Waals surface area contributed by atoms with Crippen LogP contribution < -0.4 is 0 Å². The van der Waals surface area contributed by atoms with Crippen molar-refractivity contribution in [3.8, 4) is 0 Å². The molecule has 2 nitrogen and oxygen atoms in total. The highest BCUT2D eigenvalue weighted by atomic mass is 35.5. The van der Waals surface area contributed by atoms with Gasteiger partial charge in [-0.2, -0.15) is 13.2 Å². The molecule has 0 amide bonds. The maximum Gasteiger partial charge on any atom is 0.433 e. The Hall–Kier alpha value is -1.88. The SMILES string of the molecule is O=C(c1cccc(Cl)c1)c1ccnc(C(F)(F)F)c1. The van der Waals surface area contributed by atoms with Gasteiger partial charge >= 0.3 is 6.18 Å². The summed E-state index contributed by atoms with van der Waals surface area (Å²) in [6, 6.07) is 7.98. The number of benzene rings is 1. The third-order valence-electron chi connectivity index (χ3n) is 2.40. The van der Waals surface area contributed by atoms with Crippen LogP contribution in [-0.4, -0.2) is 10.8 Å². The monoisotopic (exact) mass is 285 g/mol. The summed E-state index contributed by atoms with van der Waals surface area (Å²) >= 11 is 5.74. The molecular weight excluding hydrogens is 279 g/mol. The minimum absolute atomic E-state index is 0.0791. The summed E-state index contributed by atoms with van der Waals surface area (Å²) in [6.07, 6.45) is -3.62. The van der Waals surface area contributed by atoms with E-state index < -0.39 is 17.7 Å². The molecular formula is C13H7ClF3NO. The molecule has 0 bridgehead atoms. The van der Waals surface area contributed by atoms with Gasteiger partial charge in [-0.05, 0) is 24.3 Å². The third kappa shape index (κ3) is 3.12. The molecule has 1 aromatic carbocycles. The fraction of sp³-hybridized carbons (Fsp3) is 0.0769. The van der Waals surface area contributed by atoms with E-state index >= 15 is 0 Å². The Morgan fingerprint density at radius 3 is 2.42 bits per heavy atom. The lowest BCUT2D eigenvalue weighted by molar-refractivity contribution is -0.141. The van der Waals surface area contributed by atoms with Gasteiger partial charge in [-0.15, -0.1) is 0 Å². The standard InChI is InChI=1S/C13H7ClF3NO/c14-10-3-1-2-8(6-10)12(19)9-4-5-18-11(7-9)13(15,16)17/h1-7H. The van der Waals surface area contributed by atoms with Crippen molar-refractivity contribution in [1.29, 1.82) is 0 Å². The molecule has 0 aliphatic carbocycles. The minimum Gasteiger partial charge on any atom is -0.289 e. The molecule has 1 aromatic heterocycles. The molecule has 0 radical (unpaired) electrons. The number of halogens is 4. The minimum atomic E-state index is -4.58. The summed E-state index contributed by atoms with van der Waals surface area (Å²) < 4.78 is 37.5. The maximum atomic E-state index is 12.5. The smallest absolute Gasteiger partial charge is 0.289 e. The van der Waals surface area contributed by atoms with Gasteiger partial charge < -0.3 is 0 Å². The van der Waals surface area contributed by atoms with Crippen LogP contribution in [0.4, 0.5) is 13.2 Å². The van der Waals surface area contributed by atoms with E-state index in [9.17, 15) is 18.0 Å². The Morgan fingerprint density at radius 2 is 1.79 bits per heavy atom. The number of alkyl halides is 3. The van der Waals surface area contributed by atoms with Crippen molar-refractivity contribution < 1.29 is 18.0 Å². The fourth-order valence-corrected chi connectivity index (χ4v) is 1.71. The van der Waals surface area contributed by atoms with Crippen molar-refractivity contribution >= 4 is 17.4 Å². The lowest BCUT2D eigenvalue weighted by Crippen LogP contribution is -2.10. The predicted octanol–water partition coefficient (Wildman–Crippen LogP) is 3.98. The summed E-state index contributed by atoms with van der Waals surface area (Å²) in [6.45, 7) is 0. The van der Waals surface area contributed by atoms with E-state index in [1.807, 2.05) is 0 Å². The molecule has 0 unspecified atom stereocenters. The molecule has 0 atom stereocenters. The lowest BCUT2D eigenvalue weighted by atomic mass is 10.0. The first-order valence-electron chi connectivity index (χ1n) is 5.21. The Morgan fingerprint density at radius 1 is 1.11 bits per heavy atom. The molecule has 1 heterocycles. The molecule has 0 fully saturated rings. The number of carbonyl (C=O) groups excluding carboxylic acids is 1. The normalized spacial score (nSPS) is 11.4. The molecule has 0 N–H and O–H groups in total. The van der Waals surface area contributed by atoms with Gasteiger partial charge in [0.1, 0.15) is 5.69 Å². The van der Waals surface area contributed by atoms with Crippen molar-refractivity contribution in [2.45, 2.75) is 6.18 Å². The zero-order chi connectivity index (χ0) is 14.0. The van der Waals surface area contributed by atoms with Crippen LogP contribution in [0.5, 0.6) is 0 Å². The first-order valence-corrected chi connectivity index (χ1v) is 5.59. The summed E-state index contributed by atoms with van der Waals surface area (Å²) in [5.74, 6) is -0.532. The number of pyridine rings is 1. The van der Waals surface area contributed by atoms with E-state index in [1.165, 1.54) is 18.2 Å². The van der Waals surface area contributed by atoms with Crippen LogP contribution in [0.15, 0.2) is 42.6 Å². The van der Waals surface area contributed by atoms with E-state index in [0.29, 0.717) is 5.02 Å². The molecule has 0 saturated carbocycles. The molecule has 2 rings (SSSR count). The largest absolute Gasteiger partial charge is 0.433 e. The maximum absolute atomic E-state index is 12.5. The van der Waals surface area contributed by atoms with Gasteiger partial charge in [0.2, 0.25) is 0 Å². The second-order valence-corrected chi connectivity index (χ2v) is 4.20. The molecule has 19 heavy (non-hydrogen) atoms. The van der Waals surface area contributed by atoms with E-state index in [1.54, 1.807) is 12.1 Å². The van der Waals surface area contributed by atoms with Gasteiger partial charge in [-0.1, -0.05) is 23.7 Å². The highest BCUT2D eigenvalue weighted by molar-refractivity contribution is 6.31. The molecule has 6 heteroatoms. The van der Waals surface area contributed by atoms with Gasteiger partial charge in [0.05, 0.1) is 0 Å². The number of aromatic nitrogens is 1. The Bertz CT molecular complexity index is 625. The van der Waals surface area contributed by atoms with Gasteiger partial charge in [-0.3, -0.25) is 9.78 Å². The molecule has 0 saturated heterocycles. The van der Waals surface area contributed by atoms with E-state index in [4.69, 9.17) is 11.6 Å². The van der Waals surface area contributed by atoms with E-state index in [-0.39, 0.29) is 11.1 Å². The summed E-state index contributed by atoms with van der Waals surface area (Å²) in [4.78, 5) is 15.2. The second-order valence-electron chi connectivity index (χ2n) is 3.77. The Kier molecular flexibility index (Phi) is 3.57. The highest BCUT2D eigenvalue weighted by Gasteiger charge is 2.32. The average molecular weight is 286 g/mol. The van der Waals surface area contributed by atoms with Crippen molar-refractivity contribution in [3.63, 3.8) is 0 Å². The number of carbonyl (C=O) groups is 1. The number of hydrogen-bond donors (Lipinski definition) is 0. The molecule has 0 spiro atoms. The van der Waals surface area contributed by atoms with E-state index in [0.717, 1.165) is 12.3 Å². The Balaban J connectivity index is 2.40. The van der Waals surface area contributed by atoms with Crippen molar-refractivity contribution in [2.75, 3.05) is 0 Å². The number of hydrogen-bond acceptors (Lipinski definition) is 2. The predicted molar refractivity (Wildman–Crippen MR) is 64.1 cm³/mol. The van der Waals surface area contributed by atoms with Gasteiger partial charge in [0, 0.05) is 22.3 Å². The topological polar surface area (TPSA) is 30.0 Å². The van der Waals surface area contributed by atoms with Crippen LogP contribution in [0.1, 0.15) is 21.6 Å². The average Bonchev–Trinajstić information content (AvgIpc) is 2.37. The van der Waals surface area contributed by atoms with Crippen molar-refractivity contribution in [3.05, 3.63) is 64.4 Å². The van der Waals surface area contributed by atoms with Crippen LogP contribution in [0, 0.1) is 0 Å². The fourth-order valence-electron chi connectivity index (χ4n) is 1.52. The van der Waals surface area contributed by atoms with E-state index in [2.05, 4.69) is 4.98 Å². The van der Waals surface area contributed by atoms with Crippen molar-refractivity contribution in [1.82, 2.24) is 4.98 Å². The number of nitrogens with zero attached hydrogens (tertiary/aromatic N) is 1. The first-order chi connectivity index (χ1) is 8.88. The molecule has 2 aromatic rings. The Labute approximate surface area is 111 Å². The van der Waals surface area contributed by atoms with Gasteiger partial charge in [0.25, 0.3) is 0 Å². The zero-order valence-corrected chi connectivity index (χ0v) is 10.2. The van der Waals surface area contributed by atoms with Gasteiger partial charge in [-0.25, -0.2) is 0 Å². The van der Waals surface area contributed by atoms with Crippen LogP contribution in [0.3, 0.4) is 0 Å². The summed E-state index contributed by atoms with van der Waals surface area (Å²) in [5.41, 5.74) is -0.947. The summed E-state index contributed by atoms with van der Waals surface area (Å²) in [5, 5.41) is 0.343. The lowest BCUT2D eigenvalue weighted by Gasteiger charge is -2.07. The van der Waals surface area contributed by atoms with Crippen LogP contribution >= 0.6 is 11.6 Å². The molecule has 0 aliphatic heterocycles. The van der Waals surface area contributed by atoms with Crippen LogP contribution in [0.2, 0.25) is 5.02 Å². The van der Waals surface area contributed by atoms with Crippen LogP contribution in [0.25, 0.3) is 0 Å². The summed E-state index contributed by atoms with van der Waals surface area (Å²) in [7, 11) is 0. The number of ketones is 1. The highest BCUT2D eigenvalue weighted by Crippen LogP contribution is 2.28. The second kappa shape index (κ2) is 5.01. The van der Waals surface area contributed by atoms with Gasteiger partial charge in [0.15, 0.2) is 5.78 Å². The first kappa shape index (κ1) is 13.5. The van der Waals surface area contributed by atoms with Crippen LogP contribution in [-0.2, 0) is 6.18 Å².